The molecule has 0 aliphatic heterocycles. The lowest BCUT2D eigenvalue weighted by Crippen LogP contribution is -2.30. The molecule has 0 radical (unpaired) electrons. The number of carboxylic acid groups (broad SMARTS) is 2. The van der Waals surface area contributed by atoms with Crippen molar-refractivity contribution in [3.05, 3.63) is 28.2 Å². The van der Waals surface area contributed by atoms with Gasteiger partial charge in [0, 0.05) is 16.8 Å². The highest BCUT2D eigenvalue weighted by Gasteiger charge is 2.66. The van der Waals surface area contributed by atoms with Crippen LogP contribution in [0, 0.1) is 0 Å². The summed E-state index contributed by atoms with van der Waals surface area (Å²) in [7, 11) is 1.50. The van der Waals surface area contributed by atoms with E-state index in [0.717, 1.165) is 0 Å². The topological polar surface area (TPSA) is 93.1 Å². The Morgan fingerprint density at radius 2 is 2.11 bits per heavy atom. The average molecular weight is 331 g/mol. The van der Waals surface area contributed by atoms with Gasteiger partial charge in [0.25, 0.3) is 0 Å². The number of carboxylic acids is 1. The predicted molar refractivity (Wildman–Crippen MR) is 67.5 cm³/mol. The third kappa shape index (κ3) is 2.37. The maximum Gasteiger partial charge on any atom is 0.506 e. The fraction of sp³-hybridized carbons (Fsp3) is 0.333. The van der Waals surface area contributed by atoms with Gasteiger partial charge in [-0.1, -0.05) is 15.9 Å². The van der Waals surface area contributed by atoms with E-state index in [2.05, 4.69) is 20.7 Å². The zero-order valence-electron chi connectivity index (χ0n) is 9.92. The molecule has 7 heteroatoms. The first-order valence-corrected chi connectivity index (χ1v) is 6.19. The number of methoxy groups -OCH3 is 1. The van der Waals surface area contributed by atoms with Gasteiger partial charge in [0.1, 0.15) is 5.75 Å². The molecule has 6 nitrogen and oxygen atoms in total. The first-order valence-electron chi connectivity index (χ1n) is 5.39. The van der Waals surface area contributed by atoms with Crippen LogP contribution in [0.1, 0.15) is 17.9 Å². The molecule has 2 unspecified atom stereocenters. The van der Waals surface area contributed by atoms with Gasteiger partial charge in [0.05, 0.1) is 7.11 Å². The van der Waals surface area contributed by atoms with Crippen molar-refractivity contribution in [2.45, 2.75) is 17.9 Å². The summed E-state index contributed by atoms with van der Waals surface area (Å²) < 4.78 is 10.3. The number of halogens is 1. The summed E-state index contributed by atoms with van der Waals surface area (Å²) >= 11 is 3.32. The van der Waals surface area contributed by atoms with E-state index < -0.39 is 23.6 Å². The number of aliphatic carboxylic acids is 1. The average Bonchev–Trinajstić information content (AvgIpc) is 3.04. The standard InChI is InChI=1S/C12H11BrO6/c1-18-6-2-3-9(13)7(4-6)8-5-12(8,10(14)15)19-11(16)17/h2-4,8H,5H2,1H3,(H,14,15)(H,16,17). The van der Waals surface area contributed by atoms with E-state index in [1.54, 1.807) is 18.2 Å². The molecule has 0 aromatic heterocycles. The van der Waals surface area contributed by atoms with E-state index >= 15 is 0 Å². The van der Waals surface area contributed by atoms with Gasteiger partial charge in [-0.2, -0.15) is 0 Å². The van der Waals surface area contributed by atoms with Gasteiger partial charge in [0.15, 0.2) is 0 Å². The smallest absolute Gasteiger partial charge is 0.497 e. The minimum absolute atomic E-state index is 0.112. The van der Waals surface area contributed by atoms with Crippen molar-refractivity contribution < 1.29 is 29.3 Å². The molecule has 1 aliphatic carbocycles. The van der Waals surface area contributed by atoms with Crippen LogP contribution in [0.2, 0.25) is 0 Å². The van der Waals surface area contributed by atoms with Crippen molar-refractivity contribution in [3.8, 4) is 5.75 Å². The van der Waals surface area contributed by atoms with Gasteiger partial charge in [-0.15, -0.1) is 0 Å². The highest BCUT2D eigenvalue weighted by atomic mass is 79.9. The molecule has 1 aliphatic rings. The van der Waals surface area contributed by atoms with Crippen LogP contribution in [0.3, 0.4) is 0 Å². The molecule has 102 valence electrons. The normalized spacial score (nSPS) is 24.6. The molecule has 2 N–H and O–H groups in total. The van der Waals surface area contributed by atoms with Crippen LogP contribution in [0.5, 0.6) is 5.75 Å². The molecule has 0 heterocycles. The van der Waals surface area contributed by atoms with Gasteiger partial charge in [-0.25, -0.2) is 9.59 Å². The summed E-state index contributed by atoms with van der Waals surface area (Å²) in [4.78, 5) is 21.9. The minimum Gasteiger partial charge on any atom is -0.497 e. The summed E-state index contributed by atoms with van der Waals surface area (Å²) in [5, 5.41) is 17.8. The second-order valence-corrected chi connectivity index (χ2v) is 5.06. The molecule has 1 aromatic rings. The summed E-state index contributed by atoms with van der Waals surface area (Å²) in [6.07, 6.45) is -1.48. The van der Waals surface area contributed by atoms with Crippen molar-refractivity contribution in [1.82, 2.24) is 0 Å². The van der Waals surface area contributed by atoms with Crippen LogP contribution in [-0.2, 0) is 9.53 Å². The van der Waals surface area contributed by atoms with Crippen molar-refractivity contribution >= 4 is 28.1 Å². The Hall–Kier alpha value is -1.76. The van der Waals surface area contributed by atoms with Crippen LogP contribution < -0.4 is 4.74 Å². The van der Waals surface area contributed by atoms with Crippen LogP contribution >= 0.6 is 15.9 Å². The molecule has 2 rings (SSSR count). The van der Waals surface area contributed by atoms with Crippen LogP contribution in [0.25, 0.3) is 0 Å². The Labute approximate surface area is 117 Å². The molecule has 1 saturated carbocycles. The number of hydrogen-bond acceptors (Lipinski definition) is 4. The third-order valence-corrected chi connectivity index (χ3v) is 3.84. The summed E-state index contributed by atoms with van der Waals surface area (Å²) in [6.45, 7) is 0. The van der Waals surface area contributed by atoms with E-state index in [4.69, 9.17) is 14.9 Å². The van der Waals surface area contributed by atoms with Crippen LogP contribution in [-0.4, -0.2) is 35.0 Å². The van der Waals surface area contributed by atoms with Crippen molar-refractivity contribution in [2.24, 2.45) is 0 Å². The van der Waals surface area contributed by atoms with Gasteiger partial charge in [-0.05, 0) is 23.8 Å². The van der Waals surface area contributed by atoms with E-state index in [1.807, 2.05) is 0 Å². The quantitative estimate of drug-likeness (QED) is 0.824. The number of benzene rings is 1. The van der Waals surface area contributed by atoms with Gasteiger partial charge in [0.2, 0.25) is 5.60 Å². The Bertz CT molecular complexity index is 543. The van der Waals surface area contributed by atoms with Crippen LogP contribution in [0.4, 0.5) is 4.79 Å². The van der Waals surface area contributed by atoms with Gasteiger partial charge >= 0.3 is 12.1 Å². The lowest BCUT2D eigenvalue weighted by molar-refractivity contribution is -0.150. The predicted octanol–water partition coefficient (Wildman–Crippen LogP) is 2.46. The van der Waals surface area contributed by atoms with Gasteiger partial charge in [-0.3, -0.25) is 0 Å². The van der Waals surface area contributed by atoms with Crippen LogP contribution in [0.15, 0.2) is 22.7 Å². The number of carbonyl (C=O) groups is 2. The van der Waals surface area contributed by atoms with E-state index in [-0.39, 0.29) is 6.42 Å². The second-order valence-electron chi connectivity index (χ2n) is 4.21. The zero-order valence-corrected chi connectivity index (χ0v) is 11.5. The molecule has 2 atom stereocenters. The first kappa shape index (κ1) is 13.7. The second kappa shape index (κ2) is 4.73. The fourth-order valence-corrected chi connectivity index (χ4v) is 2.59. The van der Waals surface area contributed by atoms with Gasteiger partial charge < -0.3 is 19.7 Å². The minimum atomic E-state index is -1.69. The first-order chi connectivity index (χ1) is 8.90. The maximum absolute atomic E-state index is 11.2. The molecular formula is C12H11BrO6. The molecule has 1 aromatic carbocycles. The molecule has 0 bridgehead atoms. The Kier molecular flexibility index (Phi) is 3.40. The summed E-state index contributed by atoms with van der Waals surface area (Å²) in [5.41, 5.74) is -1.04. The molecule has 1 fully saturated rings. The number of hydrogen-bond donors (Lipinski definition) is 2. The number of rotatable bonds is 4. The molecular weight excluding hydrogens is 320 g/mol. The third-order valence-electron chi connectivity index (χ3n) is 3.12. The van der Waals surface area contributed by atoms with Crippen molar-refractivity contribution in [2.75, 3.05) is 7.11 Å². The lowest BCUT2D eigenvalue weighted by Gasteiger charge is -2.13. The molecule has 19 heavy (non-hydrogen) atoms. The zero-order chi connectivity index (χ0) is 14.2. The van der Waals surface area contributed by atoms with E-state index in [9.17, 15) is 9.59 Å². The highest BCUT2D eigenvalue weighted by molar-refractivity contribution is 9.10. The fourth-order valence-electron chi connectivity index (χ4n) is 2.07. The largest absolute Gasteiger partial charge is 0.506 e. The number of ether oxygens (including phenoxy) is 2. The maximum atomic E-state index is 11.2. The van der Waals surface area contributed by atoms with Crippen molar-refractivity contribution in [1.29, 1.82) is 0 Å². The summed E-state index contributed by atoms with van der Waals surface area (Å²) in [6, 6.07) is 5.11. The SMILES string of the molecule is COc1ccc(Br)c(C2CC2(OC(=O)O)C(=O)O)c1. The monoisotopic (exact) mass is 330 g/mol. The molecule has 0 spiro atoms. The molecule has 0 amide bonds. The Balaban J connectivity index is 2.34. The Morgan fingerprint density at radius 3 is 2.63 bits per heavy atom. The van der Waals surface area contributed by atoms with E-state index in [1.165, 1.54) is 7.11 Å². The Morgan fingerprint density at radius 1 is 1.42 bits per heavy atom. The van der Waals surface area contributed by atoms with Crippen molar-refractivity contribution in [3.63, 3.8) is 0 Å². The lowest BCUT2D eigenvalue weighted by atomic mass is 10.1. The highest BCUT2D eigenvalue weighted by Crippen LogP contribution is 2.56. The molecule has 0 saturated heterocycles. The summed E-state index contributed by atoms with van der Waals surface area (Å²) in [5.74, 6) is -1.24. The van der Waals surface area contributed by atoms with E-state index in [0.29, 0.717) is 15.8 Å².